The van der Waals surface area contributed by atoms with Crippen molar-refractivity contribution in [2.45, 2.75) is 83.1 Å². The lowest BCUT2D eigenvalue weighted by molar-refractivity contribution is -0.132. The third-order valence-electron chi connectivity index (χ3n) is 6.45. The first kappa shape index (κ1) is 37.8. The number of aliphatic imine (C=N–C) groups is 2. The zero-order valence-corrected chi connectivity index (χ0v) is 27.1. The molecule has 4 amide bonds. The van der Waals surface area contributed by atoms with Gasteiger partial charge in [-0.05, 0) is 52.0 Å². The number of nitrogens with zero attached hydrogens (tertiary/aromatic N) is 3. The lowest BCUT2D eigenvalue weighted by Crippen LogP contribution is -2.57. The molecular weight excluding hydrogens is 608 g/mol. The second-order valence-electron chi connectivity index (χ2n) is 11.7. The molecule has 0 bridgehead atoms. The normalized spacial score (nSPS) is 12.8. The van der Waals surface area contributed by atoms with Crippen LogP contribution in [0.15, 0.2) is 52.8 Å². The summed E-state index contributed by atoms with van der Waals surface area (Å²) in [5, 5.41) is 10.9. The average molecular weight is 657 g/mol. The quantitative estimate of drug-likeness (QED) is 0.0549. The monoisotopic (exact) mass is 656 g/mol. The number of nitrogens with two attached hydrogens (primary N) is 4. The van der Waals surface area contributed by atoms with E-state index in [4.69, 9.17) is 27.7 Å². The number of imidazole rings is 1. The maximum atomic E-state index is 13.7. The van der Waals surface area contributed by atoms with Crippen molar-refractivity contribution in [1.82, 2.24) is 31.2 Å². The summed E-state index contributed by atoms with van der Waals surface area (Å²) < 4.78 is 5.34. The molecule has 0 radical (unpaired) electrons. The van der Waals surface area contributed by atoms with Crippen molar-refractivity contribution >= 4 is 35.7 Å². The standard InChI is InChI=1S/C30H48N12O5/c1-30(2,3)47-29(46)42-22(12-8-14-37-28(33)34)25(44)41-23(15-20-17-35-18-39-20)26(45)40-21(11-7-13-36-27(31)32)24(43)38-16-19-9-5-4-6-10-19/h4-6,9-10,17-18,21-23H,7-8,11-16H2,1-3H3,(H,35,39)(H,38,43)(H,40,45)(H,41,44)(H,42,46)(H4,31,32,36)(H4,33,34,37)/t21-,22-,23-/m0/s1. The number of hydrogen-bond acceptors (Lipinski definition) is 8. The minimum atomic E-state index is -1.16. The molecular formula is C30H48N12O5. The van der Waals surface area contributed by atoms with Gasteiger partial charge in [0.15, 0.2) is 11.9 Å². The molecule has 0 fully saturated rings. The van der Waals surface area contributed by atoms with Crippen molar-refractivity contribution in [2.24, 2.45) is 32.9 Å². The van der Waals surface area contributed by atoms with Crippen LogP contribution < -0.4 is 44.2 Å². The number of benzene rings is 1. The fraction of sp³-hybridized carbons (Fsp3) is 0.500. The summed E-state index contributed by atoms with van der Waals surface area (Å²) >= 11 is 0. The largest absolute Gasteiger partial charge is 0.444 e. The smallest absolute Gasteiger partial charge is 0.408 e. The Morgan fingerprint density at radius 3 is 1.91 bits per heavy atom. The van der Waals surface area contributed by atoms with Crippen LogP contribution in [0.25, 0.3) is 0 Å². The van der Waals surface area contributed by atoms with Gasteiger partial charge < -0.3 is 53.9 Å². The summed E-state index contributed by atoms with van der Waals surface area (Å²) in [7, 11) is 0. The van der Waals surface area contributed by atoms with Crippen molar-refractivity contribution in [3.05, 3.63) is 54.1 Å². The molecule has 13 N–H and O–H groups in total. The number of hydrogen-bond donors (Lipinski definition) is 9. The third kappa shape index (κ3) is 16.0. The number of amides is 4. The summed E-state index contributed by atoms with van der Waals surface area (Å²) in [6.45, 7) is 5.76. The Balaban J connectivity index is 2.25. The van der Waals surface area contributed by atoms with Crippen LogP contribution in [0, 0.1) is 0 Å². The summed E-state index contributed by atoms with van der Waals surface area (Å²) in [6, 6.07) is 6.06. The Morgan fingerprint density at radius 2 is 1.38 bits per heavy atom. The number of H-pyrrole nitrogens is 1. The van der Waals surface area contributed by atoms with E-state index < -0.39 is 47.5 Å². The highest BCUT2D eigenvalue weighted by Gasteiger charge is 2.31. The topological polar surface area (TPSA) is 283 Å². The van der Waals surface area contributed by atoms with Gasteiger partial charge in [0.25, 0.3) is 0 Å². The molecule has 1 aromatic heterocycles. The van der Waals surface area contributed by atoms with E-state index in [-0.39, 0.29) is 50.8 Å². The van der Waals surface area contributed by atoms with E-state index in [9.17, 15) is 19.2 Å². The van der Waals surface area contributed by atoms with Crippen LogP contribution in [0.5, 0.6) is 0 Å². The molecule has 0 saturated heterocycles. The Kier molecular flexibility index (Phi) is 15.5. The Morgan fingerprint density at radius 1 is 0.830 bits per heavy atom. The van der Waals surface area contributed by atoms with Crippen LogP contribution in [0.4, 0.5) is 4.79 Å². The van der Waals surface area contributed by atoms with Gasteiger partial charge >= 0.3 is 6.09 Å². The Bertz CT molecular complexity index is 1330. The Labute approximate surface area is 274 Å². The van der Waals surface area contributed by atoms with Crippen molar-refractivity contribution in [1.29, 1.82) is 0 Å². The van der Waals surface area contributed by atoms with E-state index in [1.807, 2.05) is 30.3 Å². The summed E-state index contributed by atoms with van der Waals surface area (Å²) in [5.41, 5.74) is 22.3. The van der Waals surface area contributed by atoms with Gasteiger partial charge in [-0.3, -0.25) is 24.4 Å². The molecule has 2 rings (SSSR count). The predicted molar refractivity (Wildman–Crippen MR) is 177 cm³/mol. The first-order valence-electron chi connectivity index (χ1n) is 15.2. The molecule has 0 aliphatic rings. The van der Waals surface area contributed by atoms with Gasteiger partial charge in [0, 0.05) is 37.9 Å². The van der Waals surface area contributed by atoms with Crippen LogP contribution in [-0.4, -0.2) is 82.5 Å². The molecule has 0 unspecified atom stereocenters. The summed E-state index contributed by atoms with van der Waals surface area (Å²) in [4.78, 5) is 68.0. The second kappa shape index (κ2) is 19.2. The summed E-state index contributed by atoms with van der Waals surface area (Å²) in [6.07, 6.45) is 3.21. The van der Waals surface area contributed by atoms with Crippen molar-refractivity contribution in [3.8, 4) is 0 Å². The molecule has 3 atom stereocenters. The lowest BCUT2D eigenvalue weighted by Gasteiger charge is -2.26. The fourth-order valence-electron chi connectivity index (χ4n) is 4.27. The zero-order chi connectivity index (χ0) is 34.8. The molecule has 258 valence electrons. The number of rotatable bonds is 18. The molecule has 0 aliphatic heterocycles. The molecule has 17 heteroatoms. The summed E-state index contributed by atoms with van der Waals surface area (Å²) in [5.74, 6) is -1.91. The van der Waals surface area contributed by atoms with Gasteiger partial charge in [-0.15, -0.1) is 0 Å². The van der Waals surface area contributed by atoms with Crippen LogP contribution in [-0.2, 0) is 32.1 Å². The molecule has 1 aromatic carbocycles. The van der Waals surface area contributed by atoms with Crippen LogP contribution in [0.3, 0.4) is 0 Å². The van der Waals surface area contributed by atoms with Crippen LogP contribution in [0.2, 0.25) is 0 Å². The Hall–Kier alpha value is -5.35. The molecule has 2 aromatic rings. The zero-order valence-electron chi connectivity index (χ0n) is 27.1. The SMILES string of the molecule is CC(C)(C)OC(=O)N[C@@H](CCCN=C(N)N)C(=O)N[C@@H](Cc1cnc[nH]1)C(=O)N[C@@H](CCCN=C(N)N)C(=O)NCc1ccccc1. The number of carbonyl (C=O) groups excluding carboxylic acids is 4. The average Bonchev–Trinajstić information content (AvgIpc) is 3.51. The van der Waals surface area contributed by atoms with Gasteiger partial charge in [0.2, 0.25) is 17.7 Å². The molecule has 0 saturated carbocycles. The number of aromatic amines is 1. The first-order valence-corrected chi connectivity index (χ1v) is 15.2. The molecule has 0 aliphatic carbocycles. The van der Waals surface area contributed by atoms with Crippen molar-refractivity contribution in [2.75, 3.05) is 13.1 Å². The molecule has 0 spiro atoms. The number of carbonyl (C=O) groups is 4. The van der Waals surface area contributed by atoms with E-state index >= 15 is 0 Å². The highest BCUT2D eigenvalue weighted by molar-refractivity contribution is 5.94. The van der Waals surface area contributed by atoms with E-state index in [1.165, 1.54) is 12.5 Å². The van der Waals surface area contributed by atoms with Crippen molar-refractivity contribution in [3.63, 3.8) is 0 Å². The van der Waals surface area contributed by atoms with Crippen LogP contribution in [0.1, 0.15) is 57.7 Å². The second-order valence-corrected chi connectivity index (χ2v) is 11.7. The minimum absolute atomic E-state index is 0.0110. The van der Waals surface area contributed by atoms with E-state index in [1.54, 1.807) is 20.8 Å². The maximum Gasteiger partial charge on any atom is 0.408 e. The lowest BCUT2D eigenvalue weighted by atomic mass is 10.1. The number of nitrogens with one attached hydrogen (secondary N) is 5. The van der Waals surface area contributed by atoms with Gasteiger partial charge in [0.1, 0.15) is 23.7 Å². The number of aromatic nitrogens is 2. The van der Waals surface area contributed by atoms with E-state index in [2.05, 4.69) is 41.2 Å². The maximum absolute atomic E-state index is 13.7. The minimum Gasteiger partial charge on any atom is -0.444 e. The number of guanidine groups is 2. The first-order chi connectivity index (χ1) is 22.2. The van der Waals surface area contributed by atoms with Gasteiger partial charge in [-0.1, -0.05) is 30.3 Å². The van der Waals surface area contributed by atoms with Gasteiger partial charge in [0.05, 0.1) is 6.33 Å². The number of ether oxygens (including phenoxy) is 1. The third-order valence-corrected chi connectivity index (χ3v) is 6.45. The molecule has 47 heavy (non-hydrogen) atoms. The highest BCUT2D eigenvalue weighted by Crippen LogP contribution is 2.10. The van der Waals surface area contributed by atoms with E-state index in [0.29, 0.717) is 18.5 Å². The number of alkyl carbamates (subject to hydrolysis) is 1. The van der Waals surface area contributed by atoms with E-state index in [0.717, 1.165) is 5.56 Å². The van der Waals surface area contributed by atoms with Gasteiger partial charge in [-0.25, -0.2) is 9.78 Å². The fourth-order valence-corrected chi connectivity index (χ4v) is 4.27. The van der Waals surface area contributed by atoms with Crippen LogP contribution >= 0.6 is 0 Å². The van der Waals surface area contributed by atoms with Crippen molar-refractivity contribution < 1.29 is 23.9 Å². The molecule has 1 heterocycles. The predicted octanol–water partition coefficient (Wildman–Crippen LogP) is -0.761. The van der Waals surface area contributed by atoms with Gasteiger partial charge in [-0.2, -0.15) is 0 Å². The highest BCUT2D eigenvalue weighted by atomic mass is 16.6. The molecule has 17 nitrogen and oxygen atoms in total.